The van der Waals surface area contributed by atoms with E-state index >= 15 is 0 Å². The molecule has 3 amide bonds. The summed E-state index contributed by atoms with van der Waals surface area (Å²) in [5.74, 6) is -0.807. The molecule has 0 aromatic heterocycles. The number of halogens is 1. The number of hydrogen-bond donors (Lipinski definition) is 3. The van der Waals surface area contributed by atoms with Crippen molar-refractivity contribution in [1.29, 1.82) is 0 Å². The smallest absolute Gasteiger partial charge is 0.413 e. The predicted molar refractivity (Wildman–Crippen MR) is 120 cm³/mol. The molecule has 0 fully saturated rings. The number of guanidine groups is 1. The lowest BCUT2D eigenvalue weighted by Gasteiger charge is -2.13. The van der Waals surface area contributed by atoms with Crippen LogP contribution in [0.3, 0.4) is 0 Å². The Labute approximate surface area is 195 Å². The van der Waals surface area contributed by atoms with Crippen LogP contribution in [0.4, 0.5) is 21.0 Å². The fourth-order valence-corrected chi connectivity index (χ4v) is 3.98. The fraction of sp³-hybridized carbons (Fsp3) is 0.200. The Kier molecular flexibility index (Phi) is 8.77. The zero-order valence-corrected chi connectivity index (χ0v) is 19.4. The van der Waals surface area contributed by atoms with E-state index in [0.29, 0.717) is 0 Å². The highest BCUT2D eigenvalue weighted by molar-refractivity contribution is 7.91. The third kappa shape index (κ3) is 6.92. The molecule has 0 spiro atoms. The van der Waals surface area contributed by atoms with Crippen molar-refractivity contribution in [2.45, 2.75) is 23.1 Å². The van der Waals surface area contributed by atoms with Crippen molar-refractivity contribution >= 4 is 56.9 Å². The van der Waals surface area contributed by atoms with E-state index in [2.05, 4.69) is 30.4 Å². The molecule has 11 nitrogen and oxygen atoms in total. The fourth-order valence-electron chi connectivity index (χ4n) is 2.39. The molecule has 2 rings (SSSR count). The third-order valence-corrected chi connectivity index (χ3v) is 6.01. The highest BCUT2D eigenvalue weighted by Crippen LogP contribution is 2.31. The lowest BCUT2D eigenvalue weighted by Crippen LogP contribution is -2.43. The molecule has 0 heterocycles. The number of sulfone groups is 1. The lowest BCUT2D eigenvalue weighted by atomic mass is 10.2. The number of rotatable bonds is 5. The van der Waals surface area contributed by atoms with Gasteiger partial charge in [-0.15, -0.1) is 0 Å². The summed E-state index contributed by atoms with van der Waals surface area (Å²) in [6.45, 7) is 1.61. The van der Waals surface area contributed by atoms with E-state index in [4.69, 9.17) is 11.6 Å². The van der Waals surface area contributed by atoms with Gasteiger partial charge >= 0.3 is 12.2 Å². The summed E-state index contributed by atoms with van der Waals surface area (Å²) in [6, 6.07) is 9.47. The largest absolute Gasteiger partial charge is 0.453 e. The number of hydrogen-bond acceptors (Lipinski definition) is 8. The first kappa shape index (κ1) is 25.6. The molecule has 33 heavy (non-hydrogen) atoms. The molecule has 13 heteroatoms. The molecule has 0 aliphatic rings. The molecule has 0 saturated carbocycles. The van der Waals surface area contributed by atoms with Gasteiger partial charge in [0.15, 0.2) is 0 Å². The molecule has 0 saturated heterocycles. The lowest BCUT2D eigenvalue weighted by molar-refractivity contribution is -0.115. The highest BCUT2D eigenvalue weighted by atomic mass is 35.5. The zero-order chi connectivity index (χ0) is 24.6. The van der Waals surface area contributed by atoms with Crippen molar-refractivity contribution in [3.8, 4) is 0 Å². The van der Waals surface area contributed by atoms with Crippen LogP contribution in [0.5, 0.6) is 0 Å². The van der Waals surface area contributed by atoms with Crippen LogP contribution in [0.1, 0.15) is 13.3 Å². The van der Waals surface area contributed by atoms with E-state index in [9.17, 15) is 22.8 Å². The Morgan fingerprint density at radius 1 is 0.970 bits per heavy atom. The van der Waals surface area contributed by atoms with E-state index in [1.165, 1.54) is 42.5 Å². The minimum atomic E-state index is -3.98. The van der Waals surface area contributed by atoms with E-state index in [1.54, 1.807) is 6.92 Å². The van der Waals surface area contributed by atoms with E-state index < -0.39 is 27.9 Å². The van der Waals surface area contributed by atoms with Gasteiger partial charge in [0, 0.05) is 11.4 Å². The van der Waals surface area contributed by atoms with Crippen molar-refractivity contribution in [1.82, 2.24) is 10.6 Å². The molecule has 2 aromatic rings. The number of benzene rings is 2. The van der Waals surface area contributed by atoms with Crippen LogP contribution in [-0.2, 0) is 24.1 Å². The second-order valence-corrected chi connectivity index (χ2v) is 8.62. The van der Waals surface area contributed by atoms with Gasteiger partial charge in [0.2, 0.25) is 21.7 Å². The second-order valence-electron chi connectivity index (χ2n) is 6.24. The number of ether oxygens (including phenoxy) is 2. The third-order valence-electron chi connectivity index (χ3n) is 4.02. The molecular weight excluding hydrogens is 476 g/mol. The SMILES string of the molecule is CCC(=O)Nc1cc(S(=O)(=O)c2cccc(Cl)c2)ccc1N=C(NC(=O)OC)NC(=O)OC. The number of carbonyl (C=O) groups excluding carboxylic acids is 3. The number of aliphatic imine (C=N–C) groups is 1. The summed E-state index contributed by atoms with van der Waals surface area (Å²) in [7, 11) is -1.77. The van der Waals surface area contributed by atoms with Crippen molar-refractivity contribution in [2.75, 3.05) is 19.5 Å². The molecule has 0 aliphatic carbocycles. The van der Waals surface area contributed by atoms with Crippen molar-refractivity contribution in [2.24, 2.45) is 4.99 Å². The number of alkyl carbamates (subject to hydrolysis) is 2. The first-order valence-electron chi connectivity index (χ1n) is 9.33. The Morgan fingerprint density at radius 2 is 1.58 bits per heavy atom. The van der Waals surface area contributed by atoms with Gasteiger partial charge in [0.1, 0.15) is 0 Å². The quantitative estimate of drug-likeness (QED) is 0.424. The summed E-state index contributed by atoms with van der Waals surface area (Å²) in [6.07, 6.45) is -1.78. The summed E-state index contributed by atoms with van der Waals surface area (Å²) in [4.78, 5) is 39.1. The average Bonchev–Trinajstić information content (AvgIpc) is 2.79. The van der Waals surface area contributed by atoms with Gasteiger partial charge in [-0.25, -0.2) is 23.0 Å². The number of carbonyl (C=O) groups is 3. The molecule has 176 valence electrons. The van der Waals surface area contributed by atoms with Gasteiger partial charge in [-0.2, -0.15) is 0 Å². The molecule has 0 bridgehead atoms. The van der Waals surface area contributed by atoms with Crippen LogP contribution < -0.4 is 16.0 Å². The maximum absolute atomic E-state index is 13.0. The van der Waals surface area contributed by atoms with Crippen LogP contribution in [-0.4, -0.2) is 46.7 Å². The molecule has 0 unspecified atom stereocenters. The Bertz CT molecular complexity index is 1180. The minimum Gasteiger partial charge on any atom is -0.453 e. The maximum atomic E-state index is 13.0. The Morgan fingerprint density at radius 3 is 2.12 bits per heavy atom. The Hall–Kier alpha value is -3.64. The van der Waals surface area contributed by atoms with Gasteiger partial charge in [0.25, 0.3) is 0 Å². The number of amides is 3. The van der Waals surface area contributed by atoms with Crippen LogP contribution in [0.2, 0.25) is 5.02 Å². The number of nitrogens with zero attached hydrogens (tertiary/aromatic N) is 1. The van der Waals surface area contributed by atoms with Crippen LogP contribution in [0, 0.1) is 0 Å². The zero-order valence-electron chi connectivity index (χ0n) is 17.8. The van der Waals surface area contributed by atoms with Gasteiger partial charge in [-0.3, -0.25) is 15.4 Å². The summed E-state index contributed by atoms with van der Waals surface area (Å²) >= 11 is 5.92. The summed E-state index contributed by atoms with van der Waals surface area (Å²) in [5.41, 5.74) is 0.0467. The molecule has 0 atom stereocenters. The number of nitrogens with one attached hydrogen (secondary N) is 3. The standard InChI is InChI=1S/C20H21ClN4O7S/c1-4-17(26)22-16-11-14(33(29,30)13-7-5-6-12(21)10-13)8-9-15(16)23-18(24-19(27)31-2)25-20(28)32-3/h5-11H,4H2,1-3H3,(H,22,26)(H2,23,24,25,27,28). The molecule has 2 aromatic carbocycles. The molecule has 3 N–H and O–H groups in total. The van der Waals surface area contributed by atoms with E-state index in [0.717, 1.165) is 14.2 Å². The normalized spacial score (nSPS) is 10.5. The number of methoxy groups -OCH3 is 2. The topological polar surface area (TPSA) is 152 Å². The monoisotopic (exact) mass is 496 g/mol. The predicted octanol–water partition coefficient (Wildman–Crippen LogP) is 3.22. The van der Waals surface area contributed by atoms with E-state index in [1.807, 2.05) is 0 Å². The molecule has 0 radical (unpaired) electrons. The van der Waals surface area contributed by atoms with Crippen LogP contribution in [0.25, 0.3) is 0 Å². The van der Waals surface area contributed by atoms with E-state index in [-0.39, 0.29) is 38.6 Å². The van der Waals surface area contributed by atoms with Gasteiger partial charge in [0.05, 0.1) is 35.4 Å². The summed E-state index contributed by atoms with van der Waals surface area (Å²) in [5, 5.41) is 7.16. The Balaban J connectivity index is 2.59. The van der Waals surface area contributed by atoms with Crippen LogP contribution >= 0.6 is 11.6 Å². The van der Waals surface area contributed by atoms with Crippen molar-refractivity contribution in [3.05, 3.63) is 47.5 Å². The highest BCUT2D eigenvalue weighted by Gasteiger charge is 2.21. The van der Waals surface area contributed by atoms with Gasteiger partial charge in [-0.1, -0.05) is 24.6 Å². The van der Waals surface area contributed by atoms with Gasteiger partial charge in [-0.05, 0) is 36.4 Å². The molecule has 0 aliphatic heterocycles. The second kappa shape index (κ2) is 11.3. The average molecular weight is 497 g/mol. The first-order chi connectivity index (χ1) is 15.6. The van der Waals surface area contributed by atoms with Gasteiger partial charge < -0.3 is 14.8 Å². The number of anilines is 1. The van der Waals surface area contributed by atoms with Crippen molar-refractivity contribution < 1.29 is 32.3 Å². The van der Waals surface area contributed by atoms with Crippen molar-refractivity contribution in [3.63, 3.8) is 0 Å². The first-order valence-corrected chi connectivity index (χ1v) is 11.2. The maximum Gasteiger partial charge on any atom is 0.413 e. The molecular formula is C20H21ClN4O7S. The summed E-state index contributed by atoms with van der Waals surface area (Å²) < 4.78 is 35.1. The minimum absolute atomic E-state index is 0.0146. The van der Waals surface area contributed by atoms with Crippen LogP contribution in [0.15, 0.2) is 57.2 Å².